The second-order valence-corrected chi connectivity index (χ2v) is 7.07. The number of aliphatic hydroxyl groups excluding tert-OH is 1. The van der Waals surface area contributed by atoms with Gasteiger partial charge in [-0.1, -0.05) is 37.3 Å². The standard InChI is InChI=1S/C19H25ClN2O2/c20-17-8-5-10-22-15(9-11-23)12-16(18(17)22)19(24)21-13-14-6-3-1-2-4-7-14/h5,8,10,12,14,23H,1-4,6-7,9,11,13H2,(H,21,24). The van der Waals surface area contributed by atoms with E-state index in [4.69, 9.17) is 11.6 Å². The molecule has 4 nitrogen and oxygen atoms in total. The molecular formula is C19H25ClN2O2. The summed E-state index contributed by atoms with van der Waals surface area (Å²) in [5, 5.41) is 12.9. The first kappa shape index (κ1) is 17.3. The topological polar surface area (TPSA) is 53.7 Å². The van der Waals surface area contributed by atoms with Crippen LogP contribution in [0.3, 0.4) is 0 Å². The maximum atomic E-state index is 12.7. The minimum Gasteiger partial charge on any atom is -0.396 e. The van der Waals surface area contributed by atoms with Crippen LogP contribution >= 0.6 is 11.6 Å². The van der Waals surface area contributed by atoms with E-state index in [0.29, 0.717) is 22.9 Å². The molecule has 0 unspecified atom stereocenters. The van der Waals surface area contributed by atoms with Gasteiger partial charge in [-0.2, -0.15) is 0 Å². The Morgan fingerprint density at radius 2 is 2.04 bits per heavy atom. The fourth-order valence-corrected chi connectivity index (χ4v) is 3.93. The smallest absolute Gasteiger partial charge is 0.253 e. The van der Waals surface area contributed by atoms with Gasteiger partial charge in [-0.25, -0.2) is 0 Å². The summed E-state index contributed by atoms with van der Waals surface area (Å²) < 4.78 is 1.90. The molecule has 1 aliphatic rings. The molecule has 1 saturated carbocycles. The van der Waals surface area contributed by atoms with Gasteiger partial charge in [0.2, 0.25) is 0 Å². The van der Waals surface area contributed by atoms with Crippen molar-refractivity contribution < 1.29 is 9.90 Å². The SMILES string of the molecule is O=C(NCC1CCCCCC1)c1cc(CCO)n2cccc(Cl)c12. The summed E-state index contributed by atoms with van der Waals surface area (Å²) >= 11 is 6.33. The van der Waals surface area contributed by atoms with Crippen molar-refractivity contribution in [3.8, 4) is 0 Å². The second-order valence-electron chi connectivity index (χ2n) is 6.67. The van der Waals surface area contributed by atoms with E-state index in [2.05, 4.69) is 5.32 Å². The normalized spacial score (nSPS) is 16.2. The molecule has 2 aromatic rings. The van der Waals surface area contributed by atoms with E-state index in [1.807, 2.05) is 22.7 Å². The van der Waals surface area contributed by atoms with E-state index in [-0.39, 0.29) is 12.5 Å². The molecule has 1 amide bonds. The van der Waals surface area contributed by atoms with Crippen molar-refractivity contribution >= 4 is 23.0 Å². The monoisotopic (exact) mass is 348 g/mol. The molecule has 24 heavy (non-hydrogen) atoms. The average molecular weight is 349 g/mol. The van der Waals surface area contributed by atoms with Gasteiger partial charge in [0, 0.05) is 31.5 Å². The number of nitrogens with one attached hydrogen (secondary N) is 1. The van der Waals surface area contributed by atoms with Gasteiger partial charge in [0.25, 0.3) is 5.91 Å². The van der Waals surface area contributed by atoms with Crippen LogP contribution in [0, 0.1) is 5.92 Å². The molecule has 2 heterocycles. The van der Waals surface area contributed by atoms with Gasteiger partial charge < -0.3 is 14.8 Å². The first-order valence-electron chi connectivity index (χ1n) is 8.88. The Morgan fingerprint density at radius 1 is 1.29 bits per heavy atom. The van der Waals surface area contributed by atoms with Crippen LogP contribution in [0.4, 0.5) is 0 Å². The molecule has 0 bridgehead atoms. The summed E-state index contributed by atoms with van der Waals surface area (Å²) in [6.45, 7) is 0.776. The lowest BCUT2D eigenvalue weighted by atomic mass is 10.0. The predicted molar refractivity (Wildman–Crippen MR) is 96.7 cm³/mol. The molecule has 2 aromatic heterocycles. The van der Waals surface area contributed by atoms with Crippen LogP contribution in [0.1, 0.15) is 54.6 Å². The lowest BCUT2D eigenvalue weighted by Gasteiger charge is -2.14. The van der Waals surface area contributed by atoms with E-state index in [0.717, 1.165) is 17.8 Å². The Labute approximate surface area is 147 Å². The maximum Gasteiger partial charge on any atom is 0.253 e. The number of nitrogens with zero attached hydrogens (tertiary/aromatic N) is 1. The van der Waals surface area contributed by atoms with Gasteiger partial charge in [-0.3, -0.25) is 4.79 Å². The highest BCUT2D eigenvalue weighted by atomic mass is 35.5. The minimum atomic E-state index is -0.0750. The van der Waals surface area contributed by atoms with E-state index in [1.165, 1.54) is 38.5 Å². The van der Waals surface area contributed by atoms with Crippen LogP contribution in [0.15, 0.2) is 24.4 Å². The molecule has 1 aliphatic carbocycles. The zero-order chi connectivity index (χ0) is 16.9. The fraction of sp³-hybridized carbons (Fsp3) is 0.526. The highest BCUT2D eigenvalue weighted by Gasteiger charge is 2.19. The Morgan fingerprint density at radius 3 is 2.75 bits per heavy atom. The van der Waals surface area contributed by atoms with Crippen LogP contribution in [-0.4, -0.2) is 28.6 Å². The molecular weight excluding hydrogens is 324 g/mol. The minimum absolute atomic E-state index is 0.0434. The Kier molecular flexibility index (Phi) is 5.80. The molecule has 3 rings (SSSR count). The summed E-state index contributed by atoms with van der Waals surface area (Å²) in [6.07, 6.45) is 9.94. The summed E-state index contributed by atoms with van der Waals surface area (Å²) in [6, 6.07) is 5.49. The number of aliphatic hydroxyl groups is 1. The number of aromatic nitrogens is 1. The van der Waals surface area contributed by atoms with Crippen molar-refractivity contribution in [3.05, 3.63) is 40.7 Å². The fourth-order valence-electron chi connectivity index (χ4n) is 3.66. The van der Waals surface area contributed by atoms with Gasteiger partial charge in [0.1, 0.15) is 0 Å². The molecule has 0 aliphatic heterocycles. The quantitative estimate of drug-likeness (QED) is 0.807. The van der Waals surface area contributed by atoms with Crippen molar-refractivity contribution in [1.82, 2.24) is 9.72 Å². The number of amides is 1. The number of fused-ring (bicyclic) bond motifs is 1. The molecule has 0 spiro atoms. The summed E-state index contributed by atoms with van der Waals surface area (Å²) in [4.78, 5) is 12.7. The van der Waals surface area contributed by atoms with E-state index in [1.54, 1.807) is 6.07 Å². The van der Waals surface area contributed by atoms with Crippen LogP contribution in [0.25, 0.3) is 5.52 Å². The van der Waals surface area contributed by atoms with Gasteiger partial charge in [0.15, 0.2) is 0 Å². The first-order valence-corrected chi connectivity index (χ1v) is 9.26. The average Bonchev–Trinajstić information content (AvgIpc) is 2.77. The number of hydrogen-bond donors (Lipinski definition) is 2. The van der Waals surface area contributed by atoms with Crippen LogP contribution in [0.2, 0.25) is 5.02 Å². The highest BCUT2D eigenvalue weighted by molar-refractivity contribution is 6.34. The zero-order valence-electron chi connectivity index (χ0n) is 13.9. The number of halogens is 1. The van der Waals surface area contributed by atoms with Crippen molar-refractivity contribution in [2.24, 2.45) is 5.92 Å². The number of hydrogen-bond acceptors (Lipinski definition) is 2. The molecule has 1 fully saturated rings. The number of rotatable bonds is 5. The van der Waals surface area contributed by atoms with Crippen molar-refractivity contribution in [1.29, 1.82) is 0 Å². The third-order valence-corrected chi connectivity index (χ3v) is 5.26. The molecule has 2 N–H and O–H groups in total. The Bertz CT molecular complexity index is 703. The Hall–Kier alpha value is -1.52. The highest BCUT2D eigenvalue weighted by Crippen LogP contribution is 2.26. The zero-order valence-corrected chi connectivity index (χ0v) is 14.7. The lowest BCUT2D eigenvalue weighted by molar-refractivity contribution is 0.0947. The van der Waals surface area contributed by atoms with Gasteiger partial charge in [0.05, 0.1) is 16.1 Å². The van der Waals surface area contributed by atoms with Crippen LogP contribution < -0.4 is 5.32 Å². The maximum absolute atomic E-state index is 12.7. The number of carbonyl (C=O) groups excluding carboxylic acids is 1. The van der Waals surface area contributed by atoms with Crippen LogP contribution in [-0.2, 0) is 6.42 Å². The van der Waals surface area contributed by atoms with E-state index in [9.17, 15) is 9.90 Å². The largest absolute Gasteiger partial charge is 0.396 e. The summed E-state index contributed by atoms with van der Waals surface area (Å²) in [5.74, 6) is 0.506. The van der Waals surface area contributed by atoms with E-state index >= 15 is 0 Å². The first-order chi connectivity index (χ1) is 11.7. The molecule has 130 valence electrons. The third kappa shape index (κ3) is 3.76. The number of pyridine rings is 1. The van der Waals surface area contributed by atoms with Gasteiger partial charge >= 0.3 is 0 Å². The van der Waals surface area contributed by atoms with E-state index < -0.39 is 0 Å². The Balaban J connectivity index is 1.78. The predicted octanol–water partition coefficient (Wildman–Crippen LogP) is 3.83. The van der Waals surface area contributed by atoms with Gasteiger partial charge in [-0.05, 0) is 37.0 Å². The molecule has 0 radical (unpaired) electrons. The third-order valence-electron chi connectivity index (χ3n) is 4.96. The molecule has 0 saturated heterocycles. The van der Waals surface area contributed by atoms with Gasteiger partial charge in [-0.15, -0.1) is 0 Å². The lowest BCUT2D eigenvalue weighted by Crippen LogP contribution is -2.29. The molecule has 5 heteroatoms. The van der Waals surface area contributed by atoms with Crippen LogP contribution in [0.5, 0.6) is 0 Å². The molecule has 0 aromatic carbocycles. The second kappa shape index (κ2) is 8.04. The number of carbonyl (C=O) groups is 1. The van der Waals surface area contributed by atoms with Crippen molar-refractivity contribution in [2.75, 3.05) is 13.2 Å². The molecule has 0 atom stereocenters. The van der Waals surface area contributed by atoms with Crippen molar-refractivity contribution in [3.63, 3.8) is 0 Å². The van der Waals surface area contributed by atoms with Crippen molar-refractivity contribution in [2.45, 2.75) is 44.9 Å². The summed E-state index contributed by atoms with van der Waals surface area (Å²) in [7, 11) is 0. The summed E-state index contributed by atoms with van der Waals surface area (Å²) in [5.41, 5.74) is 2.22.